The van der Waals surface area contributed by atoms with E-state index in [0.717, 1.165) is 18.4 Å². The fraction of sp³-hybridized carbons (Fsp3) is 0.545. The topological polar surface area (TPSA) is 65.4 Å². The molecule has 1 aromatic heterocycles. The standard InChI is InChI=1S/C22H30ClN3O3/c1-5-26-21(18-10-15-8-6-7-9-16(15)11-19(18)23)25-14(2)20(22(26)27)24-12-17(29-4)13-28-3/h10-11,17,24H,5-9,12-13H2,1-4H3. The van der Waals surface area contributed by atoms with Crippen molar-refractivity contribution in [2.75, 3.05) is 32.7 Å². The van der Waals surface area contributed by atoms with Crippen LogP contribution in [-0.4, -0.2) is 43.0 Å². The number of ether oxygens (including phenoxy) is 2. The number of fused-ring (bicyclic) bond motifs is 1. The first-order chi connectivity index (χ1) is 14.0. The van der Waals surface area contributed by atoms with Crippen LogP contribution in [-0.2, 0) is 28.9 Å². The van der Waals surface area contributed by atoms with Crippen LogP contribution >= 0.6 is 11.6 Å². The van der Waals surface area contributed by atoms with Crippen LogP contribution in [0.1, 0.15) is 36.6 Å². The number of halogens is 1. The first-order valence-corrected chi connectivity index (χ1v) is 10.6. The molecule has 0 radical (unpaired) electrons. The predicted octanol–water partition coefficient (Wildman–Crippen LogP) is 3.84. The zero-order chi connectivity index (χ0) is 21.0. The van der Waals surface area contributed by atoms with Crippen molar-refractivity contribution in [3.05, 3.63) is 44.3 Å². The van der Waals surface area contributed by atoms with E-state index in [0.29, 0.717) is 41.9 Å². The molecule has 2 aromatic rings. The molecule has 0 spiro atoms. The monoisotopic (exact) mass is 419 g/mol. The Morgan fingerprint density at radius 2 is 1.93 bits per heavy atom. The fourth-order valence-electron chi connectivity index (χ4n) is 3.90. The van der Waals surface area contributed by atoms with E-state index in [2.05, 4.69) is 11.4 Å². The van der Waals surface area contributed by atoms with E-state index < -0.39 is 0 Å². The lowest BCUT2D eigenvalue weighted by Crippen LogP contribution is -2.32. The lowest BCUT2D eigenvalue weighted by molar-refractivity contribution is 0.0365. The Kier molecular flexibility index (Phi) is 7.33. The highest BCUT2D eigenvalue weighted by atomic mass is 35.5. The van der Waals surface area contributed by atoms with Crippen LogP contribution in [0.25, 0.3) is 11.4 Å². The van der Waals surface area contributed by atoms with Gasteiger partial charge in [0.1, 0.15) is 11.5 Å². The summed E-state index contributed by atoms with van der Waals surface area (Å²) in [5.74, 6) is 0.624. The van der Waals surface area contributed by atoms with Gasteiger partial charge in [0, 0.05) is 32.9 Å². The van der Waals surface area contributed by atoms with Gasteiger partial charge in [-0.25, -0.2) is 4.98 Å². The van der Waals surface area contributed by atoms with E-state index in [-0.39, 0.29) is 11.7 Å². The van der Waals surface area contributed by atoms with Crippen LogP contribution in [0, 0.1) is 6.92 Å². The predicted molar refractivity (Wildman–Crippen MR) is 117 cm³/mol. The van der Waals surface area contributed by atoms with Crippen molar-refractivity contribution in [3.63, 3.8) is 0 Å². The molecule has 7 heteroatoms. The molecule has 1 heterocycles. The molecule has 0 saturated carbocycles. The maximum absolute atomic E-state index is 13.2. The van der Waals surface area contributed by atoms with Crippen molar-refractivity contribution in [1.29, 1.82) is 0 Å². The van der Waals surface area contributed by atoms with Crippen LogP contribution in [0.2, 0.25) is 5.02 Å². The number of hydrogen-bond acceptors (Lipinski definition) is 5. The van der Waals surface area contributed by atoms with Crippen LogP contribution in [0.15, 0.2) is 16.9 Å². The summed E-state index contributed by atoms with van der Waals surface area (Å²) in [5.41, 5.74) is 4.49. The zero-order valence-electron chi connectivity index (χ0n) is 17.7. The van der Waals surface area contributed by atoms with Gasteiger partial charge < -0.3 is 14.8 Å². The van der Waals surface area contributed by atoms with Crippen LogP contribution in [0.5, 0.6) is 0 Å². The highest BCUT2D eigenvalue weighted by Crippen LogP contribution is 2.33. The number of rotatable bonds is 8. The highest BCUT2D eigenvalue weighted by molar-refractivity contribution is 6.33. The fourth-order valence-corrected chi connectivity index (χ4v) is 4.17. The van der Waals surface area contributed by atoms with Crippen molar-refractivity contribution >= 4 is 17.3 Å². The Morgan fingerprint density at radius 1 is 1.24 bits per heavy atom. The van der Waals surface area contributed by atoms with Crippen LogP contribution in [0.3, 0.4) is 0 Å². The van der Waals surface area contributed by atoms with Gasteiger partial charge in [-0.2, -0.15) is 0 Å². The molecule has 1 unspecified atom stereocenters. The first kappa shape index (κ1) is 21.8. The van der Waals surface area contributed by atoms with Crippen molar-refractivity contribution in [2.45, 2.75) is 52.2 Å². The second-order valence-corrected chi connectivity index (χ2v) is 7.85. The third kappa shape index (κ3) is 4.65. The SMILES string of the molecule is CCn1c(-c2cc3c(cc2Cl)CCCC3)nc(C)c(NCC(COC)OC)c1=O. The average Bonchev–Trinajstić information content (AvgIpc) is 2.71. The van der Waals surface area contributed by atoms with Gasteiger partial charge in [0.25, 0.3) is 5.56 Å². The molecule has 0 amide bonds. The van der Waals surface area contributed by atoms with Gasteiger partial charge in [0.05, 0.1) is 23.4 Å². The Balaban J connectivity index is 2.00. The minimum Gasteiger partial charge on any atom is -0.382 e. The maximum atomic E-state index is 13.2. The Hall–Kier alpha value is -1.89. The van der Waals surface area contributed by atoms with Gasteiger partial charge in [0.2, 0.25) is 0 Å². The largest absolute Gasteiger partial charge is 0.382 e. The first-order valence-electron chi connectivity index (χ1n) is 10.2. The Bertz CT molecular complexity index is 926. The summed E-state index contributed by atoms with van der Waals surface area (Å²) in [5, 5.41) is 3.85. The van der Waals surface area contributed by atoms with E-state index in [1.807, 2.05) is 19.9 Å². The third-order valence-corrected chi connectivity index (χ3v) is 5.84. The molecule has 1 aromatic carbocycles. The molecule has 0 fully saturated rings. The number of methoxy groups -OCH3 is 2. The maximum Gasteiger partial charge on any atom is 0.277 e. The molecule has 1 N–H and O–H groups in total. The quantitative estimate of drug-likeness (QED) is 0.704. The molecular formula is C22H30ClN3O3. The van der Waals surface area contributed by atoms with Gasteiger partial charge in [-0.15, -0.1) is 0 Å². The molecule has 158 valence electrons. The summed E-state index contributed by atoms with van der Waals surface area (Å²) in [4.78, 5) is 18.0. The van der Waals surface area contributed by atoms with Crippen molar-refractivity contribution in [3.8, 4) is 11.4 Å². The zero-order valence-corrected chi connectivity index (χ0v) is 18.4. The number of nitrogens with one attached hydrogen (secondary N) is 1. The van der Waals surface area contributed by atoms with E-state index in [1.165, 1.54) is 24.0 Å². The number of hydrogen-bond donors (Lipinski definition) is 1. The molecule has 0 aliphatic heterocycles. The molecule has 0 bridgehead atoms. The minimum atomic E-state index is -0.149. The summed E-state index contributed by atoms with van der Waals surface area (Å²) in [6.07, 6.45) is 4.35. The van der Waals surface area contributed by atoms with E-state index in [9.17, 15) is 4.79 Å². The summed E-state index contributed by atoms with van der Waals surface area (Å²) >= 11 is 6.62. The van der Waals surface area contributed by atoms with Crippen molar-refractivity contribution in [2.24, 2.45) is 0 Å². The molecule has 1 aliphatic carbocycles. The van der Waals surface area contributed by atoms with Gasteiger partial charge in [-0.05, 0) is 62.8 Å². The van der Waals surface area contributed by atoms with Crippen molar-refractivity contribution in [1.82, 2.24) is 9.55 Å². The molecule has 0 saturated heterocycles. The Labute approximate surface area is 177 Å². The molecular weight excluding hydrogens is 390 g/mol. The summed E-state index contributed by atoms with van der Waals surface area (Å²) < 4.78 is 12.2. The van der Waals surface area contributed by atoms with E-state index in [1.54, 1.807) is 18.8 Å². The molecule has 29 heavy (non-hydrogen) atoms. The number of nitrogens with zero attached hydrogens (tertiary/aromatic N) is 2. The highest BCUT2D eigenvalue weighted by Gasteiger charge is 2.20. The molecule has 1 aliphatic rings. The lowest BCUT2D eigenvalue weighted by atomic mass is 9.90. The smallest absolute Gasteiger partial charge is 0.277 e. The lowest BCUT2D eigenvalue weighted by Gasteiger charge is -2.21. The van der Waals surface area contributed by atoms with Crippen LogP contribution in [0.4, 0.5) is 5.69 Å². The van der Waals surface area contributed by atoms with Gasteiger partial charge >= 0.3 is 0 Å². The van der Waals surface area contributed by atoms with Crippen LogP contribution < -0.4 is 10.9 Å². The van der Waals surface area contributed by atoms with Crippen molar-refractivity contribution < 1.29 is 9.47 Å². The second-order valence-electron chi connectivity index (χ2n) is 7.45. The second kappa shape index (κ2) is 9.74. The minimum absolute atomic E-state index is 0.101. The number of aromatic nitrogens is 2. The number of benzene rings is 1. The molecule has 3 rings (SSSR count). The average molecular weight is 420 g/mol. The number of anilines is 1. The molecule has 1 atom stereocenters. The van der Waals surface area contributed by atoms with Gasteiger partial charge in [0.15, 0.2) is 0 Å². The third-order valence-electron chi connectivity index (χ3n) is 5.53. The normalized spacial score (nSPS) is 14.5. The van der Waals surface area contributed by atoms with E-state index in [4.69, 9.17) is 26.1 Å². The molecule has 6 nitrogen and oxygen atoms in total. The summed E-state index contributed by atoms with van der Waals surface area (Å²) in [7, 11) is 3.25. The van der Waals surface area contributed by atoms with Gasteiger partial charge in [-0.3, -0.25) is 9.36 Å². The Morgan fingerprint density at radius 3 is 2.55 bits per heavy atom. The van der Waals surface area contributed by atoms with Gasteiger partial charge in [-0.1, -0.05) is 11.6 Å². The summed E-state index contributed by atoms with van der Waals surface area (Å²) in [6.45, 7) is 5.21. The number of aryl methyl sites for hydroxylation is 3. The summed E-state index contributed by atoms with van der Waals surface area (Å²) in [6, 6.07) is 4.17. The van der Waals surface area contributed by atoms with E-state index >= 15 is 0 Å².